The van der Waals surface area contributed by atoms with Crippen LogP contribution in [0.1, 0.15) is 26.2 Å². The summed E-state index contributed by atoms with van der Waals surface area (Å²) in [5, 5.41) is 0. The lowest BCUT2D eigenvalue weighted by atomic mass is 9.89. The molecule has 8 heavy (non-hydrogen) atoms. The molecule has 0 saturated carbocycles. The van der Waals surface area contributed by atoms with Gasteiger partial charge in [-0.3, -0.25) is 8.63 Å². The smallest absolute Gasteiger partial charge is 0.287 e. The average molecular weight is 120 g/mol. The van der Waals surface area contributed by atoms with Gasteiger partial charge in [0.05, 0.1) is 0 Å². The highest BCUT2D eigenvalue weighted by molar-refractivity contribution is 6.42. The van der Waals surface area contributed by atoms with Crippen molar-refractivity contribution in [3.05, 3.63) is 0 Å². The Morgan fingerprint density at radius 1 is 1.25 bits per heavy atom. The van der Waals surface area contributed by atoms with Crippen LogP contribution in [-0.4, -0.2) is 7.27 Å². The van der Waals surface area contributed by atoms with Crippen LogP contribution < -0.4 is 0 Å². The number of hydrogen-bond acceptors (Lipinski definition) is 0. The Bertz CT molecular complexity index is 47.7. The molecule has 0 rings (SSSR count). The SMILES string of the molecule is CCCCCB(F)F. The normalized spacial score (nSPS) is 9.38. The van der Waals surface area contributed by atoms with Gasteiger partial charge in [-0.2, -0.15) is 0 Å². The third-order valence-electron chi connectivity index (χ3n) is 1.03. The van der Waals surface area contributed by atoms with Crippen LogP contribution in [0.5, 0.6) is 0 Å². The second-order valence-corrected chi connectivity index (χ2v) is 1.89. The first-order valence-electron chi connectivity index (χ1n) is 3.05. The van der Waals surface area contributed by atoms with E-state index in [0.29, 0.717) is 6.42 Å². The van der Waals surface area contributed by atoms with Crippen molar-refractivity contribution in [3.8, 4) is 0 Å². The van der Waals surface area contributed by atoms with Gasteiger partial charge in [0.2, 0.25) is 0 Å². The van der Waals surface area contributed by atoms with Gasteiger partial charge in [0, 0.05) is 0 Å². The van der Waals surface area contributed by atoms with E-state index in [1.807, 2.05) is 6.92 Å². The number of unbranched alkanes of at least 4 members (excludes halogenated alkanes) is 2. The zero-order valence-electron chi connectivity index (χ0n) is 5.16. The van der Waals surface area contributed by atoms with Crippen LogP contribution in [0.4, 0.5) is 8.63 Å². The van der Waals surface area contributed by atoms with Gasteiger partial charge in [0.25, 0.3) is 0 Å². The van der Waals surface area contributed by atoms with Crippen molar-refractivity contribution in [3.63, 3.8) is 0 Å². The summed E-state index contributed by atoms with van der Waals surface area (Å²) in [5.74, 6) is 0. The maximum atomic E-state index is 11.4. The highest BCUT2D eigenvalue weighted by Gasteiger charge is 2.09. The topological polar surface area (TPSA) is 0 Å². The van der Waals surface area contributed by atoms with E-state index in [0.717, 1.165) is 12.8 Å². The predicted octanol–water partition coefficient (Wildman–Crippen LogP) is 2.60. The second kappa shape index (κ2) is 5.07. The fraction of sp³-hybridized carbons (Fsp3) is 1.00. The molecule has 0 amide bonds. The summed E-state index contributed by atoms with van der Waals surface area (Å²) in [7, 11) is -2.10. The lowest BCUT2D eigenvalue weighted by Gasteiger charge is -1.91. The number of hydrogen-bond donors (Lipinski definition) is 0. The molecule has 48 valence electrons. The van der Waals surface area contributed by atoms with Gasteiger partial charge < -0.3 is 0 Å². The van der Waals surface area contributed by atoms with Crippen LogP contribution in [0.3, 0.4) is 0 Å². The fourth-order valence-corrected chi connectivity index (χ4v) is 0.549. The van der Waals surface area contributed by atoms with Crippen LogP contribution in [0.2, 0.25) is 6.32 Å². The molecule has 0 heterocycles. The monoisotopic (exact) mass is 120 g/mol. The Balaban J connectivity index is 2.72. The first kappa shape index (κ1) is 7.92. The molecule has 0 N–H and O–H groups in total. The minimum Gasteiger partial charge on any atom is -0.287 e. The summed E-state index contributed by atoms with van der Waals surface area (Å²) < 4.78 is 22.7. The van der Waals surface area contributed by atoms with E-state index in [-0.39, 0.29) is 6.32 Å². The molecule has 0 fully saturated rings. The van der Waals surface area contributed by atoms with E-state index >= 15 is 0 Å². The Morgan fingerprint density at radius 2 is 1.88 bits per heavy atom. The van der Waals surface area contributed by atoms with Crippen molar-refractivity contribution in [1.82, 2.24) is 0 Å². The highest BCUT2D eigenvalue weighted by Crippen LogP contribution is 2.04. The van der Waals surface area contributed by atoms with Crippen molar-refractivity contribution < 1.29 is 8.63 Å². The summed E-state index contributed by atoms with van der Waals surface area (Å²) in [5.41, 5.74) is 0. The van der Waals surface area contributed by atoms with Gasteiger partial charge in [0.15, 0.2) is 0 Å². The third kappa shape index (κ3) is 5.92. The van der Waals surface area contributed by atoms with Gasteiger partial charge >= 0.3 is 7.27 Å². The predicted molar refractivity (Wildman–Crippen MR) is 32.3 cm³/mol. The number of rotatable bonds is 4. The number of halogens is 2. The van der Waals surface area contributed by atoms with Crippen molar-refractivity contribution in [2.24, 2.45) is 0 Å². The third-order valence-corrected chi connectivity index (χ3v) is 1.03. The van der Waals surface area contributed by atoms with Crippen molar-refractivity contribution in [2.45, 2.75) is 32.5 Å². The minimum atomic E-state index is -2.10. The van der Waals surface area contributed by atoms with E-state index in [1.54, 1.807) is 0 Å². The first-order valence-corrected chi connectivity index (χ1v) is 3.05. The average Bonchev–Trinajstić information content (AvgIpc) is 1.66. The quantitative estimate of drug-likeness (QED) is 0.395. The maximum absolute atomic E-state index is 11.4. The molecule has 0 aliphatic rings. The molecular formula is C5H11BF2. The summed E-state index contributed by atoms with van der Waals surface area (Å²) >= 11 is 0. The van der Waals surface area contributed by atoms with Gasteiger partial charge in [-0.1, -0.05) is 26.2 Å². The molecule has 0 aromatic carbocycles. The van der Waals surface area contributed by atoms with Crippen molar-refractivity contribution in [1.29, 1.82) is 0 Å². The Kier molecular flexibility index (Phi) is 5.02. The lowest BCUT2D eigenvalue weighted by Crippen LogP contribution is -1.93. The van der Waals surface area contributed by atoms with Crippen LogP contribution in [0, 0.1) is 0 Å². The molecule has 0 unspecified atom stereocenters. The zero-order chi connectivity index (χ0) is 6.41. The van der Waals surface area contributed by atoms with Gasteiger partial charge in [-0.15, -0.1) is 0 Å². The van der Waals surface area contributed by atoms with E-state index in [9.17, 15) is 8.63 Å². The summed E-state index contributed by atoms with van der Waals surface area (Å²) in [6, 6.07) is 0. The first-order chi connectivity index (χ1) is 3.77. The molecule has 0 saturated heterocycles. The molecule has 0 radical (unpaired) electrons. The van der Waals surface area contributed by atoms with Crippen LogP contribution in [-0.2, 0) is 0 Å². The van der Waals surface area contributed by atoms with Crippen LogP contribution in [0.25, 0.3) is 0 Å². The minimum absolute atomic E-state index is 0.0772. The fourth-order valence-electron chi connectivity index (χ4n) is 0.549. The lowest BCUT2D eigenvalue weighted by molar-refractivity contribution is 0.630. The molecule has 0 nitrogen and oxygen atoms in total. The summed E-state index contributed by atoms with van der Waals surface area (Å²) in [6.07, 6.45) is 2.71. The van der Waals surface area contributed by atoms with Crippen molar-refractivity contribution in [2.75, 3.05) is 0 Å². The van der Waals surface area contributed by atoms with E-state index in [2.05, 4.69) is 0 Å². The second-order valence-electron chi connectivity index (χ2n) is 1.89. The van der Waals surface area contributed by atoms with Gasteiger partial charge in [0.1, 0.15) is 0 Å². The van der Waals surface area contributed by atoms with Gasteiger partial charge in [-0.25, -0.2) is 0 Å². The maximum Gasteiger partial charge on any atom is 0.538 e. The Labute approximate surface area is 49.5 Å². The van der Waals surface area contributed by atoms with Crippen LogP contribution >= 0.6 is 0 Å². The summed E-state index contributed by atoms with van der Waals surface area (Å²) in [6.45, 7) is 2.01. The highest BCUT2D eigenvalue weighted by atomic mass is 19.2. The molecular weight excluding hydrogens is 109 g/mol. The van der Waals surface area contributed by atoms with E-state index < -0.39 is 7.27 Å². The van der Waals surface area contributed by atoms with E-state index in [4.69, 9.17) is 0 Å². The molecule has 0 bridgehead atoms. The molecule has 0 aliphatic carbocycles. The summed E-state index contributed by atoms with van der Waals surface area (Å²) in [4.78, 5) is 0. The Hall–Kier alpha value is -0.0751. The zero-order valence-corrected chi connectivity index (χ0v) is 5.16. The largest absolute Gasteiger partial charge is 0.538 e. The molecule has 0 atom stereocenters. The van der Waals surface area contributed by atoms with Gasteiger partial charge in [-0.05, 0) is 6.32 Å². The van der Waals surface area contributed by atoms with Crippen LogP contribution in [0.15, 0.2) is 0 Å². The molecule has 0 aliphatic heterocycles. The molecule has 0 spiro atoms. The van der Waals surface area contributed by atoms with E-state index in [1.165, 1.54) is 0 Å². The Morgan fingerprint density at radius 3 is 2.25 bits per heavy atom. The molecule has 0 aromatic rings. The van der Waals surface area contributed by atoms with Crippen molar-refractivity contribution >= 4 is 7.27 Å². The molecule has 0 aromatic heterocycles. The molecule has 3 heteroatoms. The standard InChI is InChI=1S/C5H11BF2/c1-2-3-4-5-6(7)8/h2-5H2,1H3.